The fraction of sp³-hybridized carbons (Fsp3) is 0.722. The number of carbonyl (C=O) groups excluding carboxylic acids is 2. The maximum absolute atomic E-state index is 12.6. The van der Waals surface area contributed by atoms with Crippen LogP contribution >= 0.6 is 0 Å². The molecule has 0 fully saturated rings. The molecule has 0 bridgehead atoms. The van der Waals surface area contributed by atoms with E-state index in [0.717, 1.165) is 24.2 Å². The Labute approximate surface area is 155 Å². The van der Waals surface area contributed by atoms with E-state index in [0.29, 0.717) is 31.7 Å². The molecule has 8 nitrogen and oxygen atoms in total. The Morgan fingerprint density at radius 2 is 2.00 bits per heavy atom. The topological polar surface area (TPSA) is 79.7 Å². The summed E-state index contributed by atoms with van der Waals surface area (Å²) in [4.78, 5) is 28.7. The molecule has 0 spiro atoms. The zero-order valence-electron chi connectivity index (χ0n) is 16.8. The number of aromatic nitrogens is 2. The highest BCUT2D eigenvalue weighted by Crippen LogP contribution is 2.23. The molecule has 0 saturated heterocycles. The van der Waals surface area contributed by atoms with Crippen LogP contribution in [0.4, 0.5) is 4.79 Å². The maximum Gasteiger partial charge on any atom is 0.410 e. The van der Waals surface area contributed by atoms with Crippen molar-refractivity contribution in [3.8, 4) is 0 Å². The average Bonchev–Trinajstić information content (AvgIpc) is 2.84. The van der Waals surface area contributed by atoms with E-state index in [1.807, 2.05) is 34.9 Å². The highest BCUT2D eigenvalue weighted by Gasteiger charge is 2.31. The molecule has 1 aliphatic rings. The van der Waals surface area contributed by atoms with Crippen LogP contribution in [0.5, 0.6) is 0 Å². The molecule has 0 aromatic carbocycles. The molecule has 2 heterocycles. The first-order valence-electron chi connectivity index (χ1n) is 9.04. The van der Waals surface area contributed by atoms with Crippen molar-refractivity contribution in [1.82, 2.24) is 24.9 Å². The first-order valence-corrected chi connectivity index (χ1v) is 9.04. The van der Waals surface area contributed by atoms with Gasteiger partial charge in [-0.1, -0.05) is 0 Å². The summed E-state index contributed by atoms with van der Waals surface area (Å²) in [5, 5.41) is 7.42. The number of hydrogen-bond donors (Lipinski definition) is 1. The molecule has 1 aliphatic heterocycles. The van der Waals surface area contributed by atoms with E-state index in [9.17, 15) is 9.59 Å². The van der Waals surface area contributed by atoms with Crippen LogP contribution in [0.25, 0.3) is 0 Å². The molecule has 2 amide bonds. The minimum atomic E-state index is -0.543. The summed E-state index contributed by atoms with van der Waals surface area (Å²) in [5.74, 6) is -0.147. The van der Waals surface area contributed by atoms with Crippen molar-refractivity contribution in [1.29, 1.82) is 0 Å². The monoisotopic (exact) mass is 365 g/mol. The molecule has 0 radical (unpaired) electrons. The minimum Gasteiger partial charge on any atom is -0.444 e. The predicted molar refractivity (Wildman–Crippen MR) is 99.1 cm³/mol. The van der Waals surface area contributed by atoms with Crippen molar-refractivity contribution in [2.24, 2.45) is 7.05 Å². The van der Waals surface area contributed by atoms with E-state index in [1.54, 1.807) is 16.6 Å². The standard InChI is InChI=1S/C18H31N5O3/c1-18(2,3)26-17(25)23-11-8-14-13(12-23)15(22(6)20-14)16(24)19-9-7-10-21(4)5/h7-12H2,1-6H3,(H,19,24). The number of carbonyl (C=O) groups is 2. The number of aryl methyl sites for hydroxylation is 1. The van der Waals surface area contributed by atoms with Gasteiger partial charge in [-0.25, -0.2) is 4.79 Å². The zero-order chi connectivity index (χ0) is 19.5. The van der Waals surface area contributed by atoms with Gasteiger partial charge in [0.05, 0.1) is 12.2 Å². The van der Waals surface area contributed by atoms with Gasteiger partial charge >= 0.3 is 6.09 Å². The molecule has 0 atom stereocenters. The first kappa shape index (κ1) is 20.2. The van der Waals surface area contributed by atoms with Gasteiger partial charge in [0.1, 0.15) is 11.3 Å². The van der Waals surface area contributed by atoms with Gasteiger partial charge in [0.2, 0.25) is 0 Å². The zero-order valence-corrected chi connectivity index (χ0v) is 16.8. The average molecular weight is 365 g/mol. The summed E-state index contributed by atoms with van der Waals surface area (Å²) in [7, 11) is 5.78. The summed E-state index contributed by atoms with van der Waals surface area (Å²) in [6.07, 6.45) is 1.14. The van der Waals surface area contributed by atoms with E-state index >= 15 is 0 Å². The second kappa shape index (κ2) is 8.07. The first-order chi connectivity index (χ1) is 12.1. The Kier molecular flexibility index (Phi) is 6.28. The molecule has 1 aromatic heterocycles. The van der Waals surface area contributed by atoms with Crippen LogP contribution in [0.1, 0.15) is 48.9 Å². The lowest BCUT2D eigenvalue weighted by Gasteiger charge is -2.29. The predicted octanol–water partition coefficient (Wildman–Crippen LogP) is 1.39. The molecule has 2 rings (SSSR count). The molecule has 8 heteroatoms. The lowest BCUT2D eigenvalue weighted by atomic mass is 10.1. The van der Waals surface area contributed by atoms with Crippen LogP contribution in [0.2, 0.25) is 0 Å². The van der Waals surface area contributed by atoms with Gasteiger partial charge in [0, 0.05) is 32.1 Å². The lowest BCUT2D eigenvalue weighted by molar-refractivity contribution is 0.0222. The van der Waals surface area contributed by atoms with Gasteiger partial charge in [-0.2, -0.15) is 5.10 Å². The lowest BCUT2D eigenvalue weighted by Crippen LogP contribution is -2.40. The van der Waals surface area contributed by atoms with Crippen molar-refractivity contribution < 1.29 is 14.3 Å². The minimum absolute atomic E-state index is 0.147. The van der Waals surface area contributed by atoms with Gasteiger partial charge < -0.3 is 19.9 Å². The van der Waals surface area contributed by atoms with E-state index < -0.39 is 5.60 Å². The third-order valence-corrected chi connectivity index (χ3v) is 4.13. The van der Waals surface area contributed by atoms with Crippen LogP contribution in [0.15, 0.2) is 0 Å². The molecule has 0 aliphatic carbocycles. The van der Waals surface area contributed by atoms with Crippen LogP contribution in [0, 0.1) is 0 Å². The van der Waals surface area contributed by atoms with E-state index in [2.05, 4.69) is 15.3 Å². The van der Waals surface area contributed by atoms with Crippen LogP contribution in [0.3, 0.4) is 0 Å². The summed E-state index contributed by atoms with van der Waals surface area (Å²) in [6, 6.07) is 0. The number of fused-ring (bicyclic) bond motifs is 1. The van der Waals surface area contributed by atoms with Gasteiger partial charge in [-0.3, -0.25) is 9.48 Å². The van der Waals surface area contributed by atoms with Gasteiger partial charge in [-0.15, -0.1) is 0 Å². The van der Waals surface area contributed by atoms with Crippen LogP contribution in [-0.2, 0) is 24.8 Å². The van der Waals surface area contributed by atoms with E-state index in [1.165, 1.54) is 0 Å². The maximum atomic E-state index is 12.6. The number of rotatable bonds is 5. The van der Waals surface area contributed by atoms with E-state index in [4.69, 9.17) is 4.74 Å². The molecular weight excluding hydrogens is 334 g/mol. The normalized spacial score (nSPS) is 14.3. The third-order valence-electron chi connectivity index (χ3n) is 4.13. The molecule has 0 saturated carbocycles. The van der Waals surface area contributed by atoms with Crippen molar-refractivity contribution >= 4 is 12.0 Å². The fourth-order valence-electron chi connectivity index (χ4n) is 2.95. The summed E-state index contributed by atoms with van der Waals surface area (Å²) in [5.41, 5.74) is 1.68. The van der Waals surface area contributed by atoms with Crippen molar-refractivity contribution in [3.63, 3.8) is 0 Å². The van der Waals surface area contributed by atoms with Crippen LogP contribution < -0.4 is 5.32 Å². The van der Waals surface area contributed by atoms with Gasteiger partial charge in [-0.05, 0) is 47.8 Å². The fourth-order valence-corrected chi connectivity index (χ4v) is 2.95. The summed E-state index contributed by atoms with van der Waals surface area (Å²) < 4.78 is 7.07. The Hall–Kier alpha value is -2.09. The summed E-state index contributed by atoms with van der Waals surface area (Å²) >= 11 is 0. The van der Waals surface area contributed by atoms with Crippen molar-refractivity contribution in [2.45, 2.75) is 45.8 Å². The molecule has 0 unspecified atom stereocenters. The van der Waals surface area contributed by atoms with Crippen LogP contribution in [-0.4, -0.2) is 70.9 Å². The Bertz CT molecular complexity index is 661. The Morgan fingerprint density at radius 3 is 2.62 bits per heavy atom. The van der Waals surface area contributed by atoms with E-state index in [-0.39, 0.29) is 12.0 Å². The number of amides is 2. The number of nitrogens with one attached hydrogen (secondary N) is 1. The number of nitrogens with zero attached hydrogens (tertiary/aromatic N) is 4. The van der Waals surface area contributed by atoms with Crippen molar-refractivity contribution in [3.05, 3.63) is 17.0 Å². The Morgan fingerprint density at radius 1 is 1.31 bits per heavy atom. The highest BCUT2D eigenvalue weighted by atomic mass is 16.6. The van der Waals surface area contributed by atoms with Crippen molar-refractivity contribution in [2.75, 3.05) is 33.7 Å². The molecule has 146 valence electrons. The molecule has 26 heavy (non-hydrogen) atoms. The summed E-state index contributed by atoms with van der Waals surface area (Å²) in [6.45, 7) is 7.94. The Balaban J connectivity index is 2.07. The van der Waals surface area contributed by atoms with Gasteiger partial charge in [0.15, 0.2) is 0 Å². The number of hydrogen-bond acceptors (Lipinski definition) is 5. The smallest absolute Gasteiger partial charge is 0.410 e. The second-order valence-electron chi connectivity index (χ2n) is 7.96. The third kappa shape index (κ3) is 5.20. The highest BCUT2D eigenvalue weighted by molar-refractivity contribution is 5.94. The quantitative estimate of drug-likeness (QED) is 0.798. The van der Waals surface area contributed by atoms with Gasteiger partial charge in [0.25, 0.3) is 5.91 Å². The molecular formula is C18H31N5O3. The number of ether oxygens (including phenoxy) is 1. The molecule has 1 N–H and O–H groups in total. The largest absolute Gasteiger partial charge is 0.444 e. The molecule has 1 aromatic rings. The SMILES string of the molecule is CN(C)CCCNC(=O)c1c2c(nn1C)CCN(C(=O)OC(C)(C)C)C2. The second-order valence-corrected chi connectivity index (χ2v) is 7.96.